The first kappa shape index (κ1) is 13.5. The van der Waals surface area contributed by atoms with Gasteiger partial charge in [-0.25, -0.2) is 9.78 Å². The molecule has 0 saturated heterocycles. The van der Waals surface area contributed by atoms with Crippen LogP contribution in [-0.4, -0.2) is 34.0 Å². The molecule has 0 radical (unpaired) electrons. The van der Waals surface area contributed by atoms with Crippen LogP contribution in [0.3, 0.4) is 0 Å². The molecule has 7 heteroatoms. The summed E-state index contributed by atoms with van der Waals surface area (Å²) in [5, 5.41) is 9.17. The van der Waals surface area contributed by atoms with Crippen molar-refractivity contribution in [3.05, 3.63) is 48.0 Å². The maximum Gasteiger partial charge on any atom is 0.337 e. The first-order valence-corrected chi connectivity index (χ1v) is 5.67. The Kier molecular flexibility index (Phi) is 3.60. The molecule has 1 amide bonds. The van der Waals surface area contributed by atoms with Crippen molar-refractivity contribution in [3.8, 4) is 0 Å². The van der Waals surface area contributed by atoms with E-state index in [9.17, 15) is 9.59 Å². The number of nitrogen functional groups attached to an aromatic ring is 1. The maximum atomic E-state index is 12.2. The summed E-state index contributed by atoms with van der Waals surface area (Å²) in [5.74, 6) is -1.61. The molecule has 0 atom stereocenters. The van der Waals surface area contributed by atoms with Gasteiger partial charge in [0.1, 0.15) is 5.69 Å². The molecule has 3 N–H and O–H groups in total. The first-order valence-electron chi connectivity index (χ1n) is 5.67. The molecule has 1 aromatic heterocycles. The number of carbonyl (C=O) groups excluding carboxylic acids is 1. The molecule has 0 unspecified atom stereocenters. The van der Waals surface area contributed by atoms with Crippen molar-refractivity contribution in [2.24, 2.45) is 0 Å². The first-order chi connectivity index (χ1) is 9.50. The van der Waals surface area contributed by atoms with E-state index in [2.05, 4.69) is 9.97 Å². The van der Waals surface area contributed by atoms with Gasteiger partial charge in [-0.1, -0.05) is 0 Å². The lowest BCUT2D eigenvalue weighted by Crippen LogP contribution is -2.28. The average Bonchev–Trinajstić information content (AvgIpc) is 2.46. The van der Waals surface area contributed by atoms with E-state index < -0.39 is 11.9 Å². The Morgan fingerprint density at radius 2 is 2.05 bits per heavy atom. The van der Waals surface area contributed by atoms with Crippen LogP contribution >= 0.6 is 0 Å². The van der Waals surface area contributed by atoms with Crippen molar-refractivity contribution < 1.29 is 14.7 Å². The number of carboxylic acids is 1. The van der Waals surface area contributed by atoms with E-state index in [1.165, 1.54) is 48.7 Å². The predicted molar refractivity (Wildman–Crippen MR) is 72.6 cm³/mol. The van der Waals surface area contributed by atoms with Crippen LogP contribution in [0.2, 0.25) is 0 Å². The van der Waals surface area contributed by atoms with Crippen molar-refractivity contribution >= 4 is 23.3 Å². The minimum absolute atomic E-state index is 0.0512. The molecule has 1 heterocycles. The van der Waals surface area contributed by atoms with E-state index in [1.807, 2.05) is 0 Å². The number of benzene rings is 1. The molecule has 2 rings (SSSR count). The Balaban J connectivity index is 2.41. The number of hydrogen-bond acceptors (Lipinski definition) is 5. The average molecular weight is 272 g/mol. The van der Waals surface area contributed by atoms with E-state index in [0.717, 1.165) is 0 Å². The minimum atomic E-state index is -1.16. The summed E-state index contributed by atoms with van der Waals surface area (Å²) in [4.78, 5) is 32.3. The molecule has 0 fully saturated rings. The summed E-state index contributed by atoms with van der Waals surface area (Å²) >= 11 is 0. The van der Waals surface area contributed by atoms with Crippen LogP contribution in [0, 0.1) is 0 Å². The van der Waals surface area contributed by atoms with Crippen LogP contribution in [0.4, 0.5) is 11.4 Å². The van der Waals surface area contributed by atoms with Gasteiger partial charge in [0.2, 0.25) is 0 Å². The summed E-state index contributed by atoms with van der Waals surface area (Å²) in [6.45, 7) is 0. The summed E-state index contributed by atoms with van der Waals surface area (Å²) in [6.07, 6.45) is 4.15. The predicted octanol–water partition coefficient (Wildman–Crippen LogP) is 1.03. The van der Waals surface area contributed by atoms with Crippen molar-refractivity contribution in [2.45, 2.75) is 0 Å². The molecule has 7 nitrogen and oxygen atoms in total. The van der Waals surface area contributed by atoms with Gasteiger partial charge in [-0.05, 0) is 18.2 Å². The number of carboxylic acid groups (broad SMARTS) is 1. The highest BCUT2D eigenvalue weighted by molar-refractivity contribution is 6.08. The Morgan fingerprint density at radius 3 is 2.65 bits per heavy atom. The standard InChI is InChI=1S/C13H12N4O3/c1-17(12(18)10-7-15-4-5-16-10)11-3-2-8(14)6-9(11)13(19)20/h2-7H,14H2,1H3,(H,19,20). The van der Waals surface area contributed by atoms with E-state index in [0.29, 0.717) is 5.69 Å². The summed E-state index contributed by atoms with van der Waals surface area (Å²) in [7, 11) is 1.47. The zero-order chi connectivity index (χ0) is 14.7. The van der Waals surface area contributed by atoms with Gasteiger partial charge in [-0.15, -0.1) is 0 Å². The fraction of sp³-hybridized carbons (Fsp3) is 0.0769. The van der Waals surface area contributed by atoms with E-state index >= 15 is 0 Å². The Morgan fingerprint density at radius 1 is 1.30 bits per heavy atom. The third kappa shape index (κ3) is 2.56. The SMILES string of the molecule is CN(C(=O)c1cnccn1)c1ccc(N)cc1C(=O)O. The molecule has 102 valence electrons. The van der Waals surface area contributed by atoms with Crippen molar-refractivity contribution in [1.29, 1.82) is 0 Å². The van der Waals surface area contributed by atoms with Gasteiger partial charge in [-0.2, -0.15) is 0 Å². The highest BCUT2D eigenvalue weighted by Crippen LogP contribution is 2.23. The van der Waals surface area contributed by atoms with Gasteiger partial charge in [0, 0.05) is 25.1 Å². The topological polar surface area (TPSA) is 109 Å². The van der Waals surface area contributed by atoms with Crippen molar-refractivity contribution in [2.75, 3.05) is 17.7 Å². The Bertz CT molecular complexity index is 658. The maximum absolute atomic E-state index is 12.2. The van der Waals surface area contributed by atoms with E-state index in [4.69, 9.17) is 10.8 Å². The lowest BCUT2D eigenvalue weighted by atomic mass is 10.1. The third-order valence-electron chi connectivity index (χ3n) is 2.70. The zero-order valence-corrected chi connectivity index (χ0v) is 10.6. The molecular formula is C13H12N4O3. The quantitative estimate of drug-likeness (QED) is 0.808. The van der Waals surface area contributed by atoms with Crippen molar-refractivity contribution in [1.82, 2.24) is 9.97 Å². The number of nitrogens with two attached hydrogens (primary N) is 1. The van der Waals surface area contributed by atoms with Crippen LogP contribution in [0.5, 0.6) is 0 Å². The van der Waals surface area contributed by atoms with Gasteiger partial charge in [0.25, 0.3) is 5.91 Å². The van der Waals surface area contributed by atoms with E-state index in [1.54, 1.807) is 0 Å². The lowest BCUT2D eigenvalue weighted by molar-refractivity contribution is 0.0698. The molecule has 2 aromatic rings. The fourth-order valence-electron chi connectivity index (χ4n) is 1.71. The normalized spacial score (nSPS) is 10.1. The monoisotopic (exact) mass is 272 g/mol. The number of anilines is 2. The number of aromatic nitrogens is 2. The van der Waals surface area contributed by atoms with Crippen LogP contribution in [0.25, 0.3) is 0 Å². The van der Waals surface area contributed by atoms with Crippen LogP contribution in [0.1, 0.15) is 20.8 Å². The molecule has 20 heavy (non-hydrogen) atoms. The highest BCUT2D eigenvalue weighted by atomic mass is 16.4. The van der Waals surface area contributed by atoms with Crippen LogP contribution in [-0.2, 0) is 0 Å². The Hall–Kier alpha value is -2.96. The number of rotatable bonds is 3. The number of amides is 1. The van der Waals surface area contributed by atoms with Crippen LogP contribution < -0.4 is 10.6 Å². The summed E-state index contributed by atoms with van der Waals surface area (Å²) in [6, 6.07) is 4.31. The molecule has 0 aliphatic rings. The smallest absolute Gasteiger partial charge is 0.337 e. The molecular weight excluding hydrogens is 260 g/mol. The second-order valence-electron chi connectivity index (χ2n) is 4.04. The zero-order valence-electron chi connectivity index (χ0n) is 10.6. The second-order valence-corrected chi connectivity index (χ2v) is 4.04. The lowest BCUT2D eigenvalue weighted by Gasteiger charge is -2.19. The number of carbonyl (C=O) groups is 2. The largest absolute Gasteiger partial charge is 0.478 e. The van der Waals surface area contributed by atoms with E-state index in [-0.39, 0.29) is 16.9 Å². The molecule has 1 aromatic carbocycles. The van der Waals surface area contributed by atoms with Gasteiger partial charge in [0.15, 0.2) is 0 Å². The van der Waals surface area contributed by atoms with Gasteiger partial charge in [-0.3, -0.25) is 9.78 Å². The van der Waals surface area contributed by atoms with Gasteiger partial charge < -0.3 is 15.7 Å². The van der Waals surface area contributed by atoms with Crippen LogP contribution in [0.15, 0.2) is 36.8 Å². The number of hydrogen-bond donors (Lipinski definition) is 2. The molecule has 0 saturated carbocycles. The second kappa shape index (κ2) is 5.35. The third-order valence-corrected chi connectivity index (χ3v) is 2.70. The number of aromatic carboxylic acids is 1. The molecule has 0 bridgehead atoms. The summed E-state index contributed by atoms with van der Waals surface area (Å²) in [5.41, 5.74) is 6.19. The number of nitrogens with zero attached hydrogens (tertiary/aromatic N) is 3. The highest BCUT2D eigenvalue weighted by Gasteiger charge is 2.20. The molecule has 0 spiro atoms. The Labute approximate surface area is 114 Å². The summed E-state index contributed by atoms with van der Waals surface area (Å²) < 4.78 is 0. The fourth-order valence-corrected chi connectivity index (χ4v) is 1.71. The molecule has 0 aliphatic carbocycles. The minimum Gasteiger partial charge on any atom is -0.478 e. The van der Waals surface area contributed by atoms with Gasteiger partial charge in [0.05, 0.1) is 17.4 Å². The molecule has 0 aliphatic heterocycles. The van der Waals surface area contributed by atoms with Crippen molar-refractivity contribution in [3.63, 3.8) is 0 Å². The van der Waals surface area contributed by atoms with Gasteiger partial charge >= 0.3 is 5.97 Å².